The van der Waals surface area contributed by atoms with Gasteiger partial charge in [0.15, 0.2) is 0 Å². The van der Waals surface area contributed by atoms with Crippen molar-refractivity contribution in [3.05, 3.63) is 23.3 Å². The number of hydrogen-bond donors (Lipinski definition) is 1. The van der Waals surface area contributed by atoms with Gasteiger partial charge < -0.3 is 5.32 Å². The smallest absolute Gasteiger partial charge is 0.243 e. The number of sulfonamides is 1. The Hall–Kier alpha value is -1.07. The molecule has 0 saturated carbocycles. The van der Waals surface area contributed by atoms with Gasteiger partial charge in [0.1, 0.15) is 0 Å². The molecule has 104 valence electrons. The van der Waals surface area contributed by atoms with Gasteiger partial charge in [0.05, 0.1) is 4.90 Å². The Labute approximate surface area is 114 Å². The second kappa shape index (κ2) is 4.80. The average molecular weight is 280 g/mol. The first kappa shape index (κ1) is 12.9. The molecule has 4 nitrogen and oxygen atoms in total. The number of fused-ring (bicyclic) bond motifs is 1. The van der Waals surface area contributed by atoms with Crippen LogP contribution in [0.25, 0.3) is 0 Å². The number of benzene rings is 1. The minimum Gasteiger partial charge on any atom is -0.385 e. The van der Waals surface area contributed by atoms with Gasteiger partial charge in [-0.1, -0.05) is 6.07 Å². The molecule has 0 spiro atoms. The topological polar surface area (TPSA) is 49.4 Å². The van der Waals surface area contributed by atoms with E-state index >= 15 is 0 Å². The number of aryl methyl sites for hydroxylation is 1. The summed E-state index contributed by atoms with van der Waals surface area (Å²) in [6, 6.07) is 3.70. The lowest BCUT2D eigenvalue weighted by Crippen LogP contribution is -2.29. The van der Waals surface area contributed by atoms with E-state index in [1.807, 2.05) is 13.0 Å². The predicted octanol–water partition coefficient (Wildman–Crippen LogP) is 2.14. The molecule has 2 aliphatic heterocycles. The van der Waals surface area contributed by atoms with Gasteiger partial charge in [0.25, 0.3) is 0 Å². The van der Waals surface area contributed by atoms with Gasteiger partial charge in [-0.25, -0.2) is 8.42 Å². The van der Waals surface area contributed by atoms with Crippen LogP contribution in [0.3, 0.4) is 0 Å². The molecule has 19 heavy (non-hydrogen) atoms. The Morgan fingerprint density at radius 2 is 1.89 bits per heavy atom. The van der Waals surface area contributed by atoms with Crippen molar-refractivity contribution in [2.24, 2.45) is 0 Å². The Bertz CT molecular complexity index is 590. The van der Waals surface area contributed by atoms with E-state index in [0.29, 0.717) is 18.0 Å². The Morgan fingerprint density at radius 3 is 2.63 bits per heavy atom. The normalized spacial score (nSPS) is 20.1. The molecule has 1 aromatic rings. The number of anilines is 1. The first-order chi connectivity index (χ1) is 9.10. The first-order valence-electron chi connectivity index (χ1n) is 6.97. The standard InChI is InChI=1S/C14H20N2O2S/c1-11-6-7-13(12-5-4-8-15-14(11)12)19(17,18)16-9-2-3-10-16/h6-7,15H,2-5,8-10H2,1H3. The summed E-state index contributed by atoms with van der Waals surface area (Å²) in [6.07, 6.45) is 3.81. The van der Waals surface area contributed by atoms with Crippen molar-refractivity contribution in [1.29, 1.82) is 0 Å². The molecular formula is C14H20N2O2S. The summed E-state index contributed by atoms with van der Waals surface area (Å²) < 4.78 is 27.1. The van der Waals surface area contributed by atoms with Crippen LogP contribution in [0.4, 0.5) is 5.69 Å². The van der Waals surface area contributed by atoms with Crippen LogP contribution in [0, 0.1) is 6.92 Å². The molecule has 3 rings (SSSR count). The molecule has 0 radical (unpaired) electrons. The number of rotatable bonds is 2. The van der Waals surface area contributed by atoms with Crippen LogP contribution in [-0.2, 0) is 16.4 Å². The SMILES string of the molecule is Cc1ccc(S(=O)(=O)N2CCCC2)c2c1NCCC2. The summed E-state index contributed by atoms with van der Waals surface area (Å²) in [4.78, 5) is 0.516. The second-order valence-corrected chi connectivity index (χ2v) is 7.28. The summed E-state index contributed by atoms with van der Waals surface area (Å²) >= 11 is 0. The Morgan fingerprint density at radius 1 is 1.16 bits per heavy atom. The highest BCUT2D eigenvalue weighted by molar-refractivity contribution is 7.89. The minimum atomic E-state index is -3.30. The van der Waals surface area contributed by atoms with Crippen molar-refractivity contribution >= 4 is 15.7 Å². The van der Waals surface area contributed by atoms with Gasteiger partial charge in [-0.2, -0.15) is 4.31 Å². The lowest BCUT2D eigenvalue weighted by Gasteiger charge is -2.25. The van der Waals surface area contributed by atoms with Crippen LogP contribution >= 0.6 is 0 Å². The second-order valence-electron chi connectivity index (χ2n) is 5.38. The Balaban J connectivity index is 2.10. The molecule has 0 atom stereocenters. The fourth-order valence-electron chi connectivity index (χ4n) is 3.03. The van der Waals surface area contributed by atoms with Crippen LogP contribution in [0.15, 0.2) is 17.0 Å². The summed E-state index contributed by atoms with van der Waals surface area (Å²) in [5.41, 5.74) is 3.15. The van der Waals surface area contributed by atoms with E-state index in [0.717, 1.165) is 49.0 Å². The van der Waals surface area contributed by atoms with Gasteiger partial charge in [-0.3, -0.25) is 0 Å². The van der Waals surface area contributed by atoms with E-state index < -0.39 is 10.0 Å². The highest BCUT2D eigenvalue weighted by Gasteiger charge is 2.31. The predicted molar refractivity (Wildman–Crippen MR) is 76.0 cm³/mol. The van der Waals surface area contributed by atoms with E-state index in [9.17, 15) is 8.42 Å². The third kappa shape index (κ3) is 2.15. The summed E-state index contributed by atoms with van der Waals surface area (Å²) in [5.74, 6) is 0. The van der Waals surface area contributed by atoms with Crippen molar-refractivity contribution < 1.29 is 8.42 Å². The van der Waals surface area contributed by atoms with Crippen molar-refractivity contribution in [1.82, 2.24) is 4.31 Å². The molecule has 1 aromatic carbocycles. The fourth-order valence-corrected chi connectivity index (χ4v) is 4.80. The van der Waals surface area contributed by atoms with Crippen LogP contribution in [-0.4, -0.2) is 32.4 Å². The van der Waals surface area contributed by atoms with E-state index in [1.165, 1.54) is 0 Å². The molecule has 0 amide bonds. The van der Waals surface area contributed by atoms with Gasteiger partial charge in [0, 0.05) is 25.3 Å². The van der Waals surface area contributed by atoms with Crippen LogP contribution in [0.1, 0.15) is 30.4 Å². The molecule has 1 N–H and O–H groups in total. The lowest BCUT2D eigenvalue weighted by atomic mass is 10.00. The molecule has 0 bridgehead atoms. The molecular weight excluding hydrogens is 260 g/mol. The van der Waals surface area contributed by atoms with E-state index in [2.05, 4.69) is 5.32 Å². The zero-order valence-electron chi connectivity index (χ0n) is 11.3. The number of hydrogen-bond acceptors (Lipinski definition) is 3. The quantitative estimate of drug-likeness (QED) is 0.903. The molecule has 5 heteroatoms. The highest BCUT2D eigenvalue weighted by atomic mass is 32.2. The summed E-state index contributed by atoms with van der Waals surface area (Å²) in [7, 11) is -3.30. The van der Waals surface area contributed by atoms with Gasteiger partial charge in [0.2, 0.25) is 10.0 Å². The van der Waals surface area contributed by atoms with Gasteiger partial charge in [-0.15, -0.1) is 0 Å². The van der Waals surface area contributed by atoms with Crippen molar-refractivity contribution in [3.8, 4) is 0 Å². The molecule has 0 unspecified atom stereocenters. The minimum absolute atomic E-state index is 0.516. The summed E-state index contributed by atoms with van der Waals surface area (Å²) in [5, 5.41) is 3.35. The molecule has 0 aliphatic carbocycles. The lowest BCUT2D eigenvalue weighted by molar-refractivity contribution is 0.476. The maximum Gasteiger partial charge on any atom is 0.243 e. The fraction of sp³-hybridized carbons (Fsp3) is 0.571. The van der Waals surface area contributed by atoms with Crippen LogP contribution in [0.2, 0.25) is 0 Å². The molecule has 1 fully saturated rings. The van der Waals surface area contributed by atoms with Crippen LogP contribution in [0.5, 0.6) is 0 Å². The van der Waals surface area contributed by atoms with Gasteiger partial charge >= 0.3 is 0 Å². The van der Waals surface area contributed by atoms with Crippen molar-refractivity contribution in [2.75, 3.05) is 25.0 Å². The zero-order valence-corrected chi connectivity index (χ0v) is 12.1. The zero-order chi connectivity index (χ0) is 13.5. The van der Waals surface area contributed by atoms with Gasteiger partial charge in [-0.05, 0) is 49.8 Å². The maximum absolute atomic E-state index is 12.7. The number of nitrogens with one attached hydrogen (secondary N) is 1. The summed E-state index contributed by atoms with van der Waals surface area (Å²) in [6.45, 7) is 4.29. The number of nitrogens with zero attached hydrogens (tertiary/aromatic N) is 1. The molecule has 2 aliphatic rings. The monoisotopic (exact) mass is 280 g/mol. The van der Waals surface area contributed by atoms with E-state index in [4.69, 9.17) is 0 Å². The Kier molecular flexibility index (Phi) is 3.27. The van der Waals surface area contributed by atoms with E-state index in [-0.39, 0.29) is 0 Å². The van der Waals surface area contributed by atoms with Crippen molar-refractivity contribution in [3.63, 3.8) is 0 Å². The molecule has 0 aromatic heterocycles. The van der Waals surface area contributed by atoms with Crippen molar-refractivity contribution in [2.45, 2.75) is 37.5 Å². The molecule has 1 saturated heterocycles. The third-order valence-corrected chi connectivity index (χ3v) is 6.05. The average Bonchev–Trinajstić information content (AvgIpc) is 2.94. The first-order valence-corrected chi connectivity index (χ1v) is 8.41. The third-order valence-electron chi connectivity index (χ3n) is 4.07. The van der Waals surface area contributed by atoms with E-state index in [1.54, 1.807) is 10.4 Å². The molecule has 2 heterocycles. The highest BCUT2D eigenvalue weighted by Crippen LogP contribution is 2.33. The maximum atomic E-state index is 12.7. The van der Waals surface area contributed by atoms with Crippen LogP contribution < -0.4 is 5.32 Å². The largest absolute Gasteiger partial charge is 0.385 e.